The van der Waals surface area contributed by atoms with Crippen LogP contribution in [-0.2, 0) is 7.05 Å². The summed E-state index contributed by atoms with van der Waals surface area (Å²) < 4.78 is 42.7. The summed E-state index contributed by atoms with van der Waals surface area (Å²) in [4.78, 5) is 33.2. The Labute approximate surface area is 219 Å². The van der Waals surface area contributed by atoms with Gasteiger partial charge in [0.15, 0.2) is 17.4 Å². The maximum Gasteiger partial charge on any atom is 0.319 e. The second-order valence-corrected chi connectivity index (χ2v) is 8.94. The molecule has 196 valence electrons. The van der Waals surface area contributed by atoms with Crippen LogP contribution >= 0.6 is 11.6 Å². The number of aryl methyl sites for hydroxylation is 1. The van der Waals surface area contributed by atoms with Crippen LogP contribution in [0.1, 0.15) is 23.2 Å². The molecule has 3 N–H and O–H groups in total. The molecular weight excluding hydrogens is 522 g/mol. The molecule has 38 heavy (non-hydrogen) atoms. The minimum atomic E-state index is -1.21. The molecule has 1 fully saturated rings. The lowest BCUT2D eigenvalue weighted by Crippen LogP contribution is -2.30. The van der Waals surface area contributed by atoms with Crippen molar-refractivity contribution in [1.29, 1.82) is 0 Å². The lowest BCUT2D eigenvalue weighted by Gasteiger charge is -2.15. The molecule has 1 aliphatic carbocycles. The average molecular weight is 543 g/mol. The second kappa shape index (κ2) is 10.1. The molecular formula is C25H21ClF2N6O4. The maximum absolute atomic E-state index is 15.1. The Morgan fingerprint density at radius 2 is 1.95 bits per heavy atom. The van der Waals surface area contributed by atoms with Crippen LogP contribution in [0.25, 0.3) is 10.9 Å². The van der Waals surface area contributed by atoms with Crippen molar-refractivity contribution in [2.45, 2.75) is 18.9 Å². The molecule has 0 spiro atoms. The first-order chi connectivity index (χ1) is 18.2. The van der Waals surface area contributed by atoms with E-state index in [1.165, 1.54) is 44.0 Å². The number of carbonyl (C=O) groups excluding carboxylic acids is 2. The van der Waals surface area contributed by atoms with E-state index in [0.29, 0.717) is 11.3 Å². The van der Waals surface area contributed by atoms with Gasteiger partial charge < -0.3 is 30.0 Å². The minimum Gasteiger partial charge on any atom is -0.496 e. The van der Waals surface area contributed by atoms with E-state index < -0.39 is 34.3 Å². The van der Waals surface area contributed by atoms with Crippen LogP contribution < -0.4 is 25.4 Å². The Kier molecular flexibility index (Phi) is 6.72. The number of fused-ring (bicyclic) bond motifs is 1. The van der Waals surface area contributed by atoms with Gasteiger partial charge in [-0.3, -0.25) is 9.78 Å². The predicted molar refractivity (Wildman–Crippen MR) is 136 cm³/mol. The third-order valence-electron chi connectivity index (χ3n) is 5.82. The molecule has 13 heteroatoms. The molecule has 0 aliphatic heterocycles. The van der Waals surface area contributed by atoms with Crippen molar-refractivity contribution in [1.82, 2.24) is 19.9 Å². The van der Waals surface area contributed by atoms with Crippen molar-refractivity contribution >= 4 is 45.9 Å². The molecule has 0 unspecified atom stereocenters. The first-order valence-electron chi connectivity index (χ1n) is 11.4. The zero-order valence-corrected chi connectivity index (χ0v) is 20.9. The highest BCUT2D eigenvalue weighted by atomic mass is 35.5. The number of benzene rings is 2. The van der Waals surface area contributed by atoms with Gasteiger partial charge in [0.2, 0.25) is 0 Å². The van der Waals surface area contributed by atoms with Crippen LogP contribution in [0, 0.1) is 11.6 Å². The second-order valence-electron chi connectivity index (χ2n) is 8.56. The number of methoxy groups -OCH3 is 1. The number of hydrogen-bond acceptors (Lipinski definition) is 6. The highest BCUT2D eigenvalue weighted by Gasteiger charge is 2.26. The van der Waals surface area contributed by atoms with E-state index in [1.54, 1.807) is 11.6 Å². The normalized spacial score (nSPS) is 12.8. The van der Waals surface area contributed by atoms with Crippen molar-refractivity contribution in [3.63, 3.8) is 0 Å². The molecule has 2 aromatic carbocycles. The smallest absolute Gasteiger partial charge is 0.319 e. The lowest BCUT2D eigenvalue weighted by molar-refractivity contribution is 0.102. The molecule has 2 aromatic heterocycles. The van der Waals surface area contributed by atoms with Gasteiger partial charge in [-0.05, 0) is 25.0 Å². The van der Waals surface area contributed by atoms with Crippen molar-refractivity contribution in [2.75, 3.05) is 17.7 Å². The first-order valence-corrected chi connectivity index (χ1v) is 11.8. The number of nitrogens with zero attached hydrogens (tertiary/aromatic N) is 3. The Hall–Kier alpha value is -4.45. The van der Waals surface area contributed by atoms with Crippen molar-refractivity contribution in [3.8, 4) is 17.2 Å². The fraction of sp³-hybridized carbons (Fsp3) is 0.200. The number of amides is 3. The molecule has 5 rings (SSSR count). The molecule has 10 nitrogen and oxygen atoms in total. The molecule has 1 saturated carbocycles. The minimum absolute atomic E-state index is 0.00767. The number of halogens is 3. The van der Waals surface area contributed by atoms with Crippen LogP contribution in [-0.4, -0.2) is 39.6 Å². The molecule has 2 heterocycles. The summed E-state index contributed by atoms with van der Waals surface area (Å²) in [6, 6.07) is 4.63. The number of urea groups is 1. The monoisotopic (exact) mass is 542 g/mol. The largest absolute Gasteiger partial charge is 0.496 e. The van der Waals surface area contributed by atoms with Gasteiger partial charge in [-0.2, -0.15) is 0 Å². The number of hydrogen-bond donors (Lipinski definition) is 3. The number of pyridine rings is 1. The van der Waals surface area contributed by atoms with Gasteiger partial charge >= 0.3 is 6.03 Å². The van der Waals surface area contributed by atoms with E-state index >= 15 is 4.39 Å². The summed E-state index contributed by atoms with van der Waals surface area (Å²) in [6.07, 6.45) is 6.06. The predicted octanol–water partition coefficient (Wildman–Crippen LogP) is 5.24. The zero-order valence-electron chi connectivity index (χ0n) is 20.1. The van der Waals surface area contributed by atoms with Crippen LogP contribution in [0.5, 0.6) is 17.2 Å². The Balaban J connectivity index is 1.48. The van der Waals surface area contributed by atoms with E-state index in [1.807, 2.05) is 0 Å². The van der Waals surface area contributed by atoms with E-state index in [0.717, 1.165) is 18.9 Å². The SMILES string of the molecule is COc1cc2nccc(Oc3c(F)cc(NC(=O)NC4CC4)c(Cl)c3F)c2cc1C(=O)Nc1cncn1C. The Bertz CT molecular complexity index is 1570. The van der Waals surface area contributed by atoms with Gasteiger partial charge in [-0.1, -0.05) is 11.6 Å². The third-order valence-corrected chi connectivity index (χ3v) is 6.18. The molecule has 0 radical (unpaired) electrons. The van der Waals surface area contributed by atoms with Gasteiger partial charge in [-0.15, -0.1) is 0 Å². The summed E-state index contributed by atoms with van der Waals surface area (Å²) in [6.45, 7) is 0. The summed E-state index contributed by atoms with van der Waals surface area (Å²) in [5.74, 6) is -2.93. The van der Waals surface area contributed by atoms with E-state index in [9.17, 15) is 14.0 Å². The topological polar surface area (TPSA) is 119 Å². The molecule has 1 aliphatic rings. The quantitative estimate of drug-likeness (QED) is 0.275. The van der Waals surface area contributed by atoms with Crippen LogP contribution in [0.3, 0.4) is 0 Å². The highest BCUT2D eigenvalue weighted by Crippen LogP contribution is 2.39. The number of rotatable bonds is 7. The number of ether oxygens (including phenoxy) is 2. The van der Waals surface area contributed by atoms with Crippen LogP contribution in [0.2, 0.25) is 5.02 Å². The number of aromatic nitrogens is 3. The molecule has 0 bridgehead atoms. The summed E-state index contributed by atoms with van der Waals surface area (Å²) in [7, 11) is 3.11. The maximum atomic E-state index is 15.1. The average Bonchev–Trinajstić information content (AvgIpc) is 3.62. The number of carbonyl (C=O) groups is 2. The molecule has 4 aromatic rings. The number of nitrogens with one attached hydrogen (secondary N) is 3. The Morgan fingerprint density at radius 3 is 2.63 bits per heavy atom. The molecule has 0 saturated heterocycles. The van der Waals surface area contributed by atoms with Gasteiger partial charge in [0.25, 0.3) is 5.91 Å². The van der Waals surface area contributed by atoms with Gasteiger partial charge in [0, 0.05) is 36.8 Å². The number of imidazole rings is 1. The summed E-state index contributed by atoms with van der Waals surface area (Å²) in [5.41, 5.74) is 0.225. The molecule has 3 amide bonds. The highest BCUT2D eigenvalue weighted by molar-refractivity contribution is 6.34. The lowest BCUT2D eigenvalue weighted by atomic mass is 10.1. The van der Waals surface area contributed by atoms with Gasteiger partial charge in [0.05, 0.1) is 36.4 Å². The van der Waals surface area contributed by atoms with Gasteiger partial charge in [-0.25, -0.2) is 18.6 Å². The van der Waals surface area contributed by atoms with Crippen molar-refractivity contribution in [3.05, 3.63) is 65.2 Å². The summed E-state index contributed by atoms with van der Waals surface area (Å²) >= 11 is 6.08. The van der Waals surface area contributed by atoms with E-state index in [-0.39, 0.29) is 34.2 Å². The fourth-order valence-electron chi connectivity index (χ4n) is 3.69. The third kappa shape index (κ3) is 5.02. The van der Waals surface area contributed by atoms with E-state index in [4.69, 9.17) is 21.1 Å². The van der Waals surface area contributed by atoms with E-state index in [2.05, 4.69) is 25.9 Å². The van der Waals surface area contributed by atoms with Crippen LogP contribution in [0.15, 0.2) is 43.0 Å². The Morgan fingerprint density at radius 1 is 1.16 bits per heavy atom. The zero-order chi connectivity index (χ0) is 27.0. The van der Waals surface area contributed by atoms with Crippen LogP contribution in [0.4, 0.5) is 25.1 Å². The number of anilines is 2. The first kappa shape index (κ1) is 25.2. The van der Waals surface area contributed by atoms with Gasteiger partial charge in [0.1, 0.15) is 22.3 Å². The fourth-order valence-corrected chi connectivity index (χ4v) is 3.88. The van der Waals surface area contributed by atoms with Crippen molar-refractivity contribution < 1.29 is 27.8 Å². The molecule has 0 atom stereocenters. The summed E-state index contributed by atoms with van der Waals surface area (Å²) in [5, 5.41) is 7.47. The van der Waals surface area contributed by atoms with Crippen molar-refractivity contribution in [2.24, 2.45) is 7.05 Å². The standard InChI is InChI=1S/C25H21ClF2N6O4/c1-34-11-29-10-20(34)33-24(35)14-7-13-16(9-19(14)37-2)30-6-5-18(13)38-23-15(27)8-17(21(26)22(23)28)32-25(36)31-12-3-4-12/h5-12H,3-4H2,1-2H3,(H,33,35)(H2,31,32,36).